The Balaban J connectivity index is 1.69. The van der Waals surface area contributed by atoms with Gasteiger partial charge in [0.2, 0.25) is 70.9 Å². The molecule has 0 aliphatic heterocycles. The number of quaternary nitrogens is 2. The Morgan fingerprint density at radius 2 is 0.924 bits per heavy atom. The number of benzene rings is 3. The molecule has 0 spiro atoms. The molecule has 0 bridgehead atoms. The number of hydrogen-bond donors (Lipinski definition) is 20. The number of aliphatic carboxylic acids is 2. The summed E-state index contributed by atoms with van der Waals surface area (Å²) in [5.41, 5.74) is 25.8. The van der Waals surface area contributed by atoms with E-state index in [2.05, 4.69) is 69.6 Å². The summed E-state index contributed by atoms with van der Waals surface area (Å²) in [5.74, 6) is -18.1. The van der Waals surface area contributed by atoms with Gasteiger partial charge in [0.25, 0.3) is 5.91 Å². The minimum atomic E-state index is -2.04. The average Bonchev–Trinajstić information content (AvgIpc) is 1.78. The van der Waals surface area contributed by atoms with E-state index in [0.717, 1.165) is 0 Å². The summed E-state index contributed by atoms with van der Waals surface area (Å²) in [6.07, 6.45) is -3.05. The predicted molar refractivity (Wildman–Crippen MR) is 373 cm³/mol. The number of fused-ring (bicyclic) bond motifs is 1. The molecule has 0 aliphatic carbocycles. The number of amides is 13. The number of carboxylic acids is 2. The SMILES string of the molecule is CC[C@H](C)[C@H](NC(=O)[C@H](Cc1c[nH]c2ccccc12)NC(=O)[C@H](CC(=O)O)NC(=O)[C@H](CCC(=O)O)NC(=O)[C@H](CC(C)C)NC(=O)[C@@H]([NH3+])Cc1ccc(O)cc1)C(=O)N[C@@H](CCCC[NH3+])C(=O)N[C@@H](Cc1ccc(O)cc1)C(=O)N[C@@H](CC(N)=O)C(=O)N[C@@H](CC(N)=O)C(=O)N[C@H](C=O)CCC(N)=O. The van der Waals surface area contributed by atoms with Gasteiger partial charge in [-0.1, -0.05) is 76.6 Å². The van der Waals surface area contributed by atoms with Gasteiger partial charge in [0.1, 0.15) is 72.2 Å². The number of phenolic OH excluding ortho intramolecular Hbond substituents is 2. The number of rotatable bonds is 47. The van der Waals surface area contributed by atoms with E-state index in [1.54, 1.807) is 64.1 Å². The molecule has 572 valence electrons. The lowest BCUT2D eigenvalue weighted by molar-refractivity contribution is -0.403. The number of aromatic amines is 1. The van der Waals surface area contributed by atoms with Crippen LogP contribution in [0.25, 0.3) is 10.9 Å². The molecule has 0 radical (unpaired) electrons. The van der Waals surface area contributed by atoms with Crippen molar-refractivity contribution in [1.82, 2.24) is 58.2 Å². The number of aromatic hydroxyl groups is 2. The van der Waals surface area contributed by atoms with Gasteiger partial charge in [-0.25, -0.2) is 0 Å². The molecule has 0 saturated carbocycles. The predicted octanol–water partition coefficient (Wildman–Crippen LogP) is -4.88. The quantitative estimate of drug-likeness (QED) is 0.0146. The largest absolute Gasteiger partial charge is 0.508 e. The van der Waals surface area contributed by atoms with E-state index in [0.29, 0.717) is 40.6 Å². The van der Waals surface area contributed by atoms with Crippen LogP contribution in [0.4, 0.5) is 0 Å². The van der Waals surface area contributed by atoms with Gasteiger partial charge in [-0.3, -0.25) is 71.9 Å². The summed E-state index contributed by atoms with van der Waals surface area (Å²) in [6, 6.07) is 0.453. The van der Waals surface area contributed by atoms with Crippen LogP contribution in [0.15, 0.2) is 79.0 Å². The second kappa shape index (κ2) is 42.8. The second-order valence-corrected chi connectivity index (χ2v) is 26.0. The number of nitrogens with two attached hydrogens (primary N) is 3. The summed E-state index contributed by atoms with van der Waals surface area (Å²) >= 11 is 0. The van der Waals surface area contributed by atoms with Crippen LogP contribution in [-0.2, 0) is 96.0 Å². The molecular weight excluding hydrogens is 1370 g/mol. The maximum absolute atomic E-state index is 15.0. The first-order valence-corrected chi connectivity index (χ1v) is 34.1. The Morgan fingerprint density at radius 3 is 1.43 bits per heavy atom. The van der Waals surface area contributed by atoms with E-state index in [1.807, 2.05) is 0 Å². The molecule has 0 saturated heterocycles. The van der Waals surface area contributed by atoms with Gasteiger partial charge in [-0.05, 0) is 97.4 Å². The highest BCUT2D eigenvalue weighted by Crippen LogP contribution is 2.21. The van der Waals surface area contributed by atoms with Gasteiger partial charge in [-0.15, -0.1) is 0 Å². The molecule has 1 aromatic heterocycles. The number of phenols is 2. The number of unbranched alkanes of at least 4 members (excludes halogenated alkanes) is 1. The smallest absolute Gasteiger partial charge is 0.305 e. The maximum Gasteiger partial charge on any atom is 0.305 e. The van der Waals surface area contributed by atoms with Crippen molar-refractivity contribution >= 4 is 106 Å². The molecule has 0 fully saturated rings. The lowest BCUT2D eigenvalue weighted by atomic mass is 9.96. The number of carbonyl (C=O) groups is 16. The molecule has 27 N–H and O–H groups in total. The molecule has 36 heteroatoms. The summed E-state index contributed by atoms with van der Waals surface area (Å²) in [7, 11) is 0. The summed E-state index contributed by atoms with van der Waals surface area (Å²) in [4.78, 5) is 218. The third kappa shape index (κ3) is 29.7. The number of primary amides is 3. The fourth-order valence-electron chi connectivity index (χ4n) is 11.0. The van der Waals surface area contributed by atoms with Crippen molar-refractivity contribution in [3.8, 4) is 11.5 Å². The van der Waals surface area contributed by atoms with Crippen molar-refractivity contribution in [1.29, 1.82) is 0 Å². The van der Waals surface area contributed by atoms with Crippen LogP contribution in [0, 0.1) is 11.8 Å². The van der Waals surface area contributed by atoms with Crippen molar-refractivity contribution in [3.05, 3.63) is 95.7 Å². The molecular formula is C69H98N16O20+2. The van der Waals surface area contributed by atoms with Gasteiger partial charge in [0.05, 0.1) is 31.8 Å². The third-order valence-electron chi connectivity index (χ3n) is 16.9. The molecule has 3 aromatic carbocycles. The van der Waals surface area contributed by atoms with Gasteiger partial charge in [-0.2, -0.15) is 0 Å². The van der Waals surface area contributed by atoms with Crippen molar-refractivity contribution < 1.29 is 109 Å². The van der Waals surface area contributed by atoms with E-state index in [4.69, 9.17) is 17.2 Å². The standard InChI is InChI=1S/C69H96N16O20/c1-5-36(4)59(69(105)78-46(12-8-9-25-70)61(97)80-49(28-38-15-20-42(88)21-16-38)65(101)83-52(31-56(74)91)66(102)82-51(30-55(73)90)63(99)76-40(34-86)17-23-54(72)89)85-68(104)50(29-39-33-75-45-11-7-6-10-43(39)45)81-67(103)53(32-58(94)95)84-62(98)47(22-24-57(92)93)77-64(100)48(26-35(2)3)79-60(96)44(71)27-37-13-18-41(87)19-14-37/h6-7,10-11,13-16,18-21,33-36,40,44,46-53,59,75,87-88H,5,8-9,12,17,22-32,70-71H2,1-4H3,(H2,72,89)(H2,73,90)(H2,74,91)(H,76,99)(H,77,100)(H,78,105)(H,79,96)(H,80,97)(H,81,103)(H,82,102)(H,83,101)(H,84,98)(H,85,104)(H,92,93)(H,94,95)/p+2/t36-,40-,44-,46-,47-,48-,49-,50-,51-,52-,53-,59-/m0/s1. The number of aldehydes is 1. The highest BCUT2D eigenvalue weighted by molar-refractivity contribution is 6.01. The van der Waals surface area contributed by atoms with Crippen LogP contribution in [-0.4, -0.2) is 193 Å². The van der Waals surface area contributed by atoms with Gasteiger partial charge in [0.15, 0.2) is 6.04 Å². The first-order valence-electron chi connectivity index (χ1n) is 34.1. The van der Waals surface area contributed by atoms with Crippen LogP contribution in [0.5, 0.6) is 11.5 Å². The molecule has 36 nitrogen and oxygen atoms in total. The molecule has 105 heavy (non-hydrogen) atoms. The molecule has 0 aliphatic rings. The monoisotopic (exact) mass is 1470 g/mol. The van der Waals surface area contributed by atoms with E-state index < -0.39 is 200 Å². The zero-order chi connectivity index (χ0) is 78.2. The topological polar surface area (TPSA) is 623 Å². The Labute approximate surface area is 603 Å². The molecule has 4 aromatic rings. The lowest BCUT2D eigenvalue weighted by Crippen LogP contribution is -2.70. The van der Waals surface area contributed by atoms with E-state index >= 15 is 4.79 Å². The van der Waals surface area contributed by atoms with Crippen molar-refractivity contribution in [2.24, 2.45) is 29.0 Å². The maximum atomic E-state index is 15.0. The normalized spacial score (nSPS) is 14.5. The number of hydrogen-bond acceptors (Lipinski definition) is 18. The van der Waals surface area contributed by atoms with Crippen molar-refractivity contribution in [2.45, 2.75) is 190 Å². The Kier molecular flexibility index (Phi) is 35.0. The summed E-state index contributed by atoms with van der Waals surface area (Å²) in [6.45, 7) is 7.11. The summed E-state index contributed by atoms with van der Waals surface area (Å²) in [5, 5.41) is 64.9. The molecule has 0 unspecified atom stereocenters. The fraction of sp³-hybridized carbons (Fsp3) is 0.478. The molecule has 13 amide bonds. The highest BCUT2D eigenvalue weighted by atomic mass is 16.4. The molecule has 1 heterocycles. The van der Waals surface area contributed by atoms with Crippen molar-refractivity contribution in [3.63, 3.8) is 0 Å². The number of aromatic nitrogens is 1. The van der Waals surface area contributed by atoms with Crippen LogP contribution in [0.1, 0.15) is 121 Å². The van der Waals surface area contributed by atoms with E-state index in [1.165, 1.54) is 42.6 Å². The molecule has 4 rings (SSSR count). The lowest BCUT2D eigenvalue weighted by Gasteiger charge is -2.30. The zero-order valence-corrected chi connectivity index (χ0v) is 58.9. The molecule has 12 atom stereocenters. The zero-order valence-electron chi connectivity index (χ0n) is 58.9. The van der Waals surface area contributed by atoms with Crippen LogP contribution in [0.2, 0.25) is 0 Å². The number of carboxylic acid groups (broad SMARTS) is 2. The Hall–Kier alpha value is -11.6. The fourth-order valence-corrected chi connectivity index (χ4v) is 11.0. The van der Waals surface area contributed by atoms with Crippen LogP contribution < -0.4 is 81.8 Å². The number of nitrogens with one attached hydrogen (secondary N) is 11. The van der Waals surface area contributed by atoms with Crippen LogP contribution in [0.3, 0.4) is 0 Å². The Bertz CT molecular complexity index is 3720. The number of para-hydroxylation sites is 1. The van der Waals surface area contributed by atoms with Gasteiger partial charge in [0, 0.05) is 49.2 Å². The van der Waals surface area contributed by atoms with E-state index in [9.17, 15) is 92.3 Å². The van der Waals surface area contributed by atoms with E-state index in [-0.39, 0.29) is 75.1 Å². The third-order valence-corrected chi connectivity index (χ3v) is 16.9. The Morgan fingerprint density at radius 1 is 0.476 bits per heavy atom. The average molecular weight is 1470 g/mol. The number of H-pyrrole nitrogens is 1. The van der Waals surface area contributed by atoms with Crippen LogP contribution >= 0.6 is 0 Å². The van der Waals surface area contributed by atoms with Crippen molar-refractivity contribution in [2.75, 3.05) is 6.54 Å². The number of carbonyl (C=O) groups excluding carboxylic acids is 14. The van der Waals surface area contributed by atoms with Gasteiger partial charge >= 0.3 is 11.9 Å². The summed E-state index contributed by atoms with van der Waals surface area (Å²) < 4.78 is 0. The minimum Gasteiger partial charge on any atom is -0.508 e. The first-order chi connectivity index (χ1) is 49.6. The second-order valence-electron chi connectivity index (χ2n) is 26.0. The highest BCUT2D eigenvalue weighted by Gasteiger charge is 2.39. The first kappa shape index (κ1) is 85.8. The minimum absolute atomic E-state index is 0.00876. The van der Waals surface area contributed by atoms with Gasteiger partial charge < -0.3 is 112 Å².